The Kier molecular flexibility index (Phi) is 5.59. The molecule has 1 aromatic carbocycles. The van der Waals surface area contributed by atoms with E-state index in [0.29, 0.717) is 23.4 Å². The van der Waals surface area contributed by atoms with Gasteiger partial charge in [0.25, 0.3) is 5.91 Å². The van der Waals surface area contributed by atoms with E-state index in [9.17, 15) is 14.4 Å². The fourth-order valence-electron chi connectivity index (χ4n) is 4.79. The topological polar surface area (TPSA) is 106 Å². The van der Waals surface area contributed by atoms with Gasteiger partial charge in [-0.2, -0.15) is 5.10 Å². The Morgan fingerprint density at radius 1 is 1.17 bits per heavy atom. The van der Waals surface area contributed by atoms with Crippen molar-refractivity contribution in [3.63, 3.8) is 0 Å². The summed E-state index contributed by atoms with van der Waals surface area (Å²) in [4.78, 5) is 44.2. The number of carbonyl (C=O) groups is 3. The number of hydrogen-bond acceptors (Lipinski definition) is 6. The summed E-state index contributed by atoms with van der Waals surface area (Å²) >= 11 is 0. The van der Waals surface area contributed by atoms with Crippen LogP contribution in [0.15, 0.2) is 36.5 Å². The number of methoxy groups -OCH3 is 1. The molecule has 1 atom stereocenters. The number of hydrogen-bond donors (Lipinski definition) is 1. The molecule has 2 aliphatic heterocycles. The first-order valence-corrected chi connectivity index (χ1v) is 11.5. The van der Waals surface area contributed by atoms with Gasteiger partial charge in [0, 0.05) is 48.7 Å². The van der Waals surface area contributed by atoms with Crippen LogP contribution in [0.5, 0.6) is 5.75 Å². The molecule has 9 nitrogen and oxygen atoms in total. The standard InChI is InChI=1S/C27H25N5O4/c1-16-24(17(2)31(3)30-16)22-8-5-18(13-28-22)9-10-27(12-23(33)29-26(27)35)15-32-14-19-6-7-20(36-4)11-21(19)25(32)34/h5-8,11,13H,12,14-15H2,1-4H3,(H,29,33,35)/t27-/m1/s1. The Bertz CT molecular complexity index is 1480. The van der Waals surface area contributed by atoms with E-state index in [4.69, 9.17) is 4.74 Å². The van der Waals surface area contributed by atoms with Crippen molar-refractivity contribution in [2.24, 2.45) is 12.5 Å². The van der Waals surface area contributed by atoms with Crippen LogP contribution in [0.2, 0.25) is 0 Å². The molecule has 3 aromatic rings. The molecular weight excluding hydrogens is 458 g/mol. The smallest absolute Gasteiger partial charge is 0.254 e. The van der Waals surface area contributed by atoms with Crippen molar-refractivity contribution in [2.45, 2.75) is 26.8 Å². The number of amides is 3. The number of aryl methyl sites for hydroxylation is 2. The molecule has 2 aliphatic rings. The highest BCUT2D eigenvalue weighted by atomic mass is 16.5. The van der Waals surface area contributed by atoms with Crippen LogP contribution in [0.3, 0.4) is 0 Å². The second kappa shape index (κ2) is 8.64. The van der Waals surface area contributed by atoms with Crippen molar-refractivity contribution < 1.29 is 19.1 Å². The number of benzene rings is 1. The normalized spacial score (nSPS) is 18.7. The van der Waals surface area contributed by atoms with E-state index in [-0.39, 0.29) is 18.9 Å². The molecule has 0 aliphatic carbocycles. The first-order valence-electron chi connectivity index (χ1n) is 11.5. The van der Waals surface area contributed by atoms with Crippen LogP contribution >= 0.6 is 0 Å². The first kappa shape index (κ1) is 23.3. The van der Waals surface area contributed by atoms with Crippen molar-refractivity contribution >= 4 is 17.7 Å². The summed E-state index contributed by atoms with van der Waals surface area (Å²) in [7, 11) is 3.43. The second-order valence-electron chi connectivity index (χ2n) is 9.17. The minimum absolute atomic E-state index is 0.00693. The van der Waals surface area contributed by atoms with Crippen LogP contribution in [0, 0.1) is 31.1 Å². The van der Waals surface area contributed by atoms with Crippen LogP contribution in [-0.2, 0) is 23.2 Å². The maximum atomic E-state index is 13.1. The predicted octanol–water partition coefficient (Wildman–Crippen LogP) is 2.15. The van der Waals surface area contributed by atoms with E-state index in [0.717, 1.165) is 28.2 Å². The van der Waals surface area contributed by atoms with Gasteiger partial charge in [0.1, 0.15) is 11.2 Å². The minimum atomic E-state index is -1.34. The molecule has 3 amide bonds. The lowest BCUT2D eigenvalue weighted by atomic mass is 9.85. The molecule has 0 spiro atoms. The highest BCUT2D eigenvalue weighted by molar-refractivity contribution is 6.08. The Morgan fingerprint density at radius 2 is 1.97 bits per heavy atom. The average Bonchev–Trinajstić information content (AvgIpc) is 3.42. The van der Waals surface area contributed by atoms with Gasteiger partial charge in [-0.3, -0.25) is 29.4 Å². The van der Waals surface area contributed by atoms with Gasteiger partial charge in [0.05, 0.1) is 24.9 Å². The van der Waals surface area contributed by atoms with E-state index in [2.05, 4.69) is 27.2 Å². The summed E-state index contributed by atoms with van der Waals surface area (Å²) in [5.74, 6) is 5.50. The third-order valence-corrected chi connectivity index (χ3v) is 6.78. The molecule has 182 valence electrons. The van der Waals surface area contributed by atoms with Gasteiger partial charge < -0.3 is 9.64 Å². The second-order valence-corrected chi connectivity index (χ2v) is 9.17. The van der Waals surface area contributed by atoms with Crippen LogP contribution in [0.4, 0.5) is 0 Å². The number of nitrogens with one attached hydrogen (secondary N) is 1. The molecule has 0 saturated carbocycles. The molecule has 4 heterocycles. The number of carbonyl (C=O) groups excluding carboxylic acids is 3. The fourth-order valence-corrected chi connectivity index (χ4v) is 4.79. The number of fused-ring (bicyclic) bond motifs is 1. The Balaban J connectivity index is 1.42. The highest BCUT2D eigenvalue weighted by Crippen LogP contribution is 2.34. The zero-order valence-corrected chi connectivity index (χ0v) is 20.5. The molecule has 1 saturated heterocycles. The van der Waals surface area contributed by atoms with Crippen LogP contribution in [0.25, 0.3) is 11.3 Å². The zero-order chi connectivity index (χ0) is 25.6. The third-order valence-electron chi connectivity index (χ3n) is 6.78. The molecule has 0 bridgehead atoms. The van der Waals surface area contributed by atoms with E-state index < -0.39 is 17.2 Å². The average molecular weight is 484 g/mol. The van der Waals surface area contributed by atoms with Gasteiger partial charge in [-0.15, -0.1) is 0 Å². The van der Waals surface area contributed by atoms with E-state index in [1.807, 2.05) is 43.8 Å². The summed E-state index contributed by atoms with van der Waals surface area (Å²) < 4.78 is 7.05. The number of pyridine rings is 1. The molecule has 1 fully saturated rings. The van der Waals surface area contributed by atoms with Crippen LogP contribution in [-0.4, -0.2) is 51.0 Å². The summed E-state index contributed by atoms with van der Waals surface area (Å²) in [6, 6.07) is 9.01. The number of imide groups is 1. The van der Waals surface area contributed by atoms with Gasteiger partial charge >= 0.3 is 0 Å². The van der Waals surface area contributed by atoms with Crippen molar-refractivity contribution in [1.29, 1.82) is 0 Å². The van der Waals surface area contributed by atoms with Gasteiger partial charge in [-0.25, -0.2) is 0 Å². The molecule has 5 rings (SSSR count). The number of aromatic nitrogens is 3. The molecule has 0 unspecified atom stereocenters. The lowest BCUT2D eigenvalue weighted by Crippen LogP contribution is -2.42. The van der Waals surface area contributed by atoms with Crippen LogP contribution in [0.1, 0.15) is 39.3 Å². The molecule has 9 heteroatoms. The summed E-state index contributed by atoms with van der Waals surface area (Å²) in [6.45, 7) is 4.26. The number of ether oxygens (including phenoxy) is 1. The van der Waals surface area contributed by atoms with Crippen molar-refractivity contribution in [1.82, 2.24) is 25.0 Å². The molecule has 0 radical (unpaired) electrons. The Labute approximate surface area is 208 Å². The quantitative estimate of drug-likeness (QED) is 0.450. The van der Waals surface area contributed by atoms with Gasteiger partial charge in [-0.05, 0) is 43.7 Å². The summed E-state index contributed by atoms with van der Waals surface area (Å²) in [6.07, 6.45) is 1.53. The fraction of sp³-hybridized carbons (Fsp3) is 0.296. The van der Waals surface area contributed by atoms with E-state index in [1.54, 1.807) is 30.3 Å². The summed E-state index contributed by atoms with van der Waals surface area (Å²) in [5.41, 5.74) is 4.28. The molecular formula is C27H25N5O4. The first-order chi connectivity index (χ1) is 17.2. The van der Waals surface area contributed by atoms with E-state index >= 15 is 0 Å². The molecule has 1 N–H and O–H groups in total. The monoisotopic (exact) mass is 483 g/mol. The third kappa shape index (κ3) is 3.90. The maximum absolute atomic E-state index is 13.1. The van der Waals surface area contributed by atoms with Crippen molar-refractivity contribution in [3.8, 4) is 28.8 Å². The molecule has 36 heavy (non-hydrogen) atoms. The predicted molar refractivity (Wildman–Crippen MR) is 131 cm³/mol. The minimum Gasteiger partial charge on any atom is -0.497 e. The van der Waals surface area contributed by atoms with Crippen molar-refractivity contribution in [3.05, 3.63) is 64.6 Å². The zero-order valence-electron chi connectivity index (χ0n) is 20.5. The lowest BCUT2D eigenvalue weighted by Gasteiger charge is -2.25. The van der Waals surface area contributed by atoms with Gasteiger partial charge in [0.15, 0.2) is 0 Å². The molecule has 2 aromatic heterocycles. The van der Waals surface area contributed by atoms with E-state index in [1.165, 1.54) is 0 Å². The Hall–Kier alpha value is -4.45. The summed E-state index contributed by atoms with van der Waals surface area (Å²) in [5, 5.41) is 6.79. The SMILES string of the molecule is COc1ccc2c(c1)C(=O)N(C[C@@]1(C#Cc3ccc(-c4c(C)nn(C)c4C)nc3)CC(=O)NC1=O)C2. The number of nitrogens with zero attached hydrogens (tertiary/aromatic N) is 4. The van der Waals surface area contributed by atoms with Crippen molar-refractivity contribution in [2.75, 3.05) is 13.7 Å². The van der Waals surface area contributed by atoms with Gasteiger partial charge in [-0.1, -0.05) is 17.9 Å². The Morgan fingerprint density at radius 3 is 2.58 bits per heavy atom. The van der Waals surface area contributed by atoms with Gasteiger partial charge in [0.2, 0.25) is 11.8 Å². The lowest BCUT2D eigenvalue weighted by molar-refractivity contribution is -0.127. The largest absolute Gasteiger partial charge is 0.497 e. The maximum Gasteiger partial charge on any atom is 0.254 e. The highest BCUT2D eigenvalue weighted by Gasteiger charge is 2.48. The van der Waals surface area contributed by atoms with Crippen LogP contribution < -0.4 is 10.1 Å². The number of rotatable bonds is 4.